The molecule has 0 aliphatic rings. The van der Waals surface area contributed by atoms with E-state index in [1.54, 1.807) is 6.07 Å². The van der Waals surface area contributed by atoms with Crippen LogP contribution in [0.2, 0.25) is 0 Å². The maximum Gasteiger partial charge on any atom is 0.254 e. The van der Waals surface area contributed by atoms with E-state index in [1.165, 1.54) is 42.5 Å². The summed E-state index contributed by atoms with van der Waals surface area (Å²) in [7, 11) is 0. The van der Waals surface area contributed by atoms with E-state index in [1.807, 2.05) is 0 Å². The molecule has 1 aromatic heterocycles. The molecule has 1 N–H and O–H groups in total. The second-order valence-corrected chi connectivity index (χ2v) is 4.67. The van der Waals surface area contributed by atoms with Gasteiger partial charge in [-0.15, -0.1) is 10.2 Å². The van der Waals surface area contributed by atoms with Crippen molar-refractivity contribution in [3.05, 3.63) is 71.6 Å². The average molecular weight is 315 g/mol. The number of hydrogen-bond donors (Lipinski definition) is 1. The van der Waals surface area contributed by atoms with Gasteiger partial charge >= 0.3 is 0 Å². The highest BCUT2D eigenvalue weighted by Gasteiger charge is 2.13. The number of nitrogens with one attached hydrogen (secondary N) is 1. The van der Waals surface area contributed by atoms with Crippen molar-refractivity contribution in [3.8, 4) is 11.5 Å². The van der Waals surface area contributed by atoms with E-state index in [0.29, 0.717) is 5.56 Å². The highest BCUT2D eigenvalue weighted by Crippen LogP contribution is 2.18. The predicted octanol–water partition coefficient (Wildman–Crippen LogP) is 2.94. The Labute approximate surface area is 130 Å². The Hall–Kier alpha value is -3.09. The lowest BCUT2D eigenvalue weighted by atomic mass is 10.2. The molecular formula is C16H11F2N3O2. The maximum absolute atomic E-state index is 13.5. The van der Waals surface area contributed by atoms with Crippen LogP contribution in [-0.4, -0.2) is 16.1 Å². The Bertz CT molecular complexity index is 831. The van der Waals surface area contributed by atoms with E-state index in [-0.39, 0.29) is 29.7 Å². The first kappa shape index (κ1) is 14.8. The standard InChI is InChI=1S/C16H11F2N3O2/c17-11-7-5-10(6-8-11)16-21-20-14(23-16)9-19-15(22)12-3-1-2-4-13(12)18/h1-8H,9H2,(H,19,22). The van der Waals surface area contributed by atoms with Gasteiger partial charge in [-0.25, -0.2) is 8.78 Å². The van der Waals surface area contributed by atoms with Crippen LogP contribution in [0.4, 0.5) is 8.78 Å². The van der Waals surface area contributed by atoms with Gasteiger partial charge in [0.25, 0.3) is 5.91 Å². The van der Waals surface area contributed by atoms with Crippen LogP contribution in [0.1, 0.15) is 16.2 Å². The van der Waals surface area contributed by atoms with Gasteiger partial charge < -0.3 is 9.73 Å². The lowest BCUT2D eigenvalue weighted by Gasteiger charge is -2.03. The number of carbonyl (C=O) groups excluding carboxylic acids is 1. The topological polar surface area (TPSA) is 68.0 Å². The molecule has 3 rings (SSSR count). The number of rotatable bonds is 4. The molecule has 0 spiro atoms. The number of benzene rings is 2. The van der Waals surface area contributed by atoms with Crippen molar-refractivity contribution in [2.24, 2.45) is 0 Å². The fourth-order valence-electron chi connectivity index (χ4n) is 1.93. The largest absolute Gasteiger partial charge is 0.419 e. The molecule has 5 nitrogen and oxygen atoms in total. The molecule has 116 valence electrons. The molecule has 0 fully saturated rings. The molecule has 1 amide bonds. The molecule has 0 unspecified atom stereocenters. The Kier molecular flexibility index (Phi) is 4.09. The second-order valence-electron chi connectivity index (χ2n) is 4.67. The monoisotopic (exact) mass is 315 g/mol. The quantitative estimate of drug-likeness (QED) is 0.804. The highest BCUT2D eigenvalue weighted by molar-refractivity contribution is 5.94. The van der Waals surface area contributed by atoms with E-state index in [2.05, 4.69) is 15.5 Å². The normalized spacial score (nSPS) is 10.5. The first-order valence-corrected chi connectivity index (χ1v) is 6.74. The Morgan fingerprint density at radius 2 is 1.78 bits per heavy atom. The molecule has 0 saturated heterocycles. The van der Waals surface area contributed by atoms with Crippen molar-refractivity contribution < 1.29 is 18.0 Å². The smallest absolute Gasteiger partial charge is 0.254 e. The zero-order valence-corrected chi connectivity index (χ0v) is 11.8. The van der Waals surface area contributed by atoms with Crippen molar-refractivity contribution in [1.29, 1.82) is 0 Å². The van der Waals surface area contributed by atoms with E-state index in [4.69, 9.17) is 4.42 Å². The molecular weight excluding hydrogens is 304 g/mol. The number of carbonyl (C=O) groups is 1. The van der Waals surface area contributed by atoms with Crippen LogP contribution < -0.4 is 5.32 Å². The summed E-state index contributed by atoms with van der Waals surface area (Å²) in [5, 5.41) is 10.1. The summed E-state index contributed by atoms with van der Waals surface area (Å²) in [4.78, 5) is 11.9. The molecule has 0 atom stereocenters. The first-order valence-electron chi connectivity index (χ1n) is 6.74. The van der Waals surface area contributed by atoms with Crippen LogP contribution in [-0.2, 0) is 6.54 Å². The maximum atomic E-state index is 13.5. The number of aromatic nitrogens is 2. The number of halogens is 2. The van der Waals surface area contributed by atoms with Crippen molar-refractivity contribution >= 4 is 5.91 Å². The third-order valence-electron chi connectivity index (χ3n) is 3.08. The van der Waals surface area contributed by atoms with Crippen LogP contribution in [0.3, 0.4) is 0 Å². The lowest BCUT2D eigenvalue weighted by molar-refractivity contribution is 0.0943. The average Bonchev–Trinajstić information content (AvgIpc) is 3.03. The van der Waals surface area contributed by atoms with Crippen LogP contribution in [0.15, 0.2) is 52.9 Å². The van der Waals surface area contributed by atoms with Gasteiger partial charge in [-0.3, -0.25) is 4.79 Å². The Morgan fingerprint density at radius 3 is 2.52 bits per heavy atom. The van der Waals surface area contributed by atoms with Gasteiger partial charge in [0, 0.05) is 5.56 Å². The first-order chi connectivity index (χ1) is 11.1. The minimum atomic E-state index is -0.609. The van der Waals surface area contributed by atoms with Crippen molar-refractivity contribution in [3.63, 3.8) is 0 Å². The molecule has 3 aromatic rings. The second kappa shape index (κ2) is 6.35. The Balaban J connectivity index is 1.67. The predicted molar refractivity (Wildman–Crippen MR) is 77.3 cm³/mol. The van der Waals surface area contributed by atoms with Crippen LogP contribution >= 0.6 is 0 Å². The number of nitrogens with zero attached hydrogens (tertiary/aromatic N) is 2. The van der Waals surface area contributed by atoms with Crippen molar-refractivity contribution in [2.75, 3.05) is 0 Å². The summed E-state index contributed by atoms with van der Waals surface area (Å²) >= 11 is 0. The van der Waals surface area contributed by atoms with Gasteiger partial charge in [0.1, 0.15) is 11.6 Å². The molecule has 0 saturated carbocycles. The van der Waals surface area contributed by atoms with Crippen molar-refractivity contribution in [2.45, 2.75) is 6.54 Å². The minimum absolute atomic E-state index is 0.0403. The van der Waals surface area contributed by atoms with Gasteiger partial charge in [-0.2, -0.15) is 0 Å². The molecule has 2 aromatic carbocycles. The third kappa shape index (κ3) is 3.39. The summed E-state index contributed by atoms with van der Waals surface area (Å²) in [6.45, 7) is -0.0403. The SMILES string of the molecule is O=C(NCc1nnc(-c2ccc(F)cc2)o1)c1ccccc1F. The third-order valence-corrected chi connectivity index (χ3v) is 3.08. The molecule has 0 bridgehead atoms. The molecule has 0 aliphatic heterocycles. The van der Waals surface area contributed by atoms with E-state index >= 15 is 0 Å². The van der Waals surface area contributed by atoms with Gasteiger partial charge in [0.15, 0.2) is 0 Å². The number of hydrogen-bond acceptors (Lipinski definition) is 4. The molecule has 0 aliphatic carbocycles. The van der Waals surface area contributed by atoms with E-state index < -0.39 is 11.7 Å². The lowest BCUT2D eigenvalue weighted by Crippen LogP contribution is -2.23. The summed E-state index contributed by atoms with van der Waals surface area (Å²) in [6, 6.07) is 11.2. The van der Waals surface area contributed by atoms with E-state index in [9.17, 15) is 13.6 Å². The fourth-order valence-corrected chi connectivity index (χ4v) is 1.93. The summed E-state index contributed by atoms with van der Waals surface area (Å²) in [6.07, 6.45) is 0. The molecule has 23 heavy (non-hydrogen) atoms. The van der Waals surface area contributed by atoms with Gasteiger partial charge in [-0.1, -0.05) is 12.1 Å². The molecule has 1 heterocycles. The zero-order valence-electron chi connectivity index (χ0n) is 11.8. The van der Waals surface area contributed by atoms with Gasteiger partial charge in [-0.05, 0) is 36.4 Å². The van der Waals surface area contributed by atoms with Gasteiger partial charge in [0.2, 0.25) is 11.8 Å². The Morgan fingerprint density at radius 1 is 1.04 bits per heavy atom. The fraction of sp³-hybridized carbons (Fsp3) is 0.0625. The molecule has 7 heteroatoms. The minimum Gasteiger partial charge on any atom is -0.419 e. The van der Waals surface area contributed by atoms with Crippen LogP contribution in [0.5, 0.6) is 0 Å². The zero-order chi connectivity index (χ0) is 16.2. The van der Waals surface area contributed by atoms with Crippen molar-refractivity contribution in [1.82, 2.24) is 15.5 Å². The summed E-state index contributed by atoms with van der Waals surface area (Å²) in [5.41, 5.74) is 0.497. The van der Waals surface area contributed by atoms with Gasteiger partial charge in [0.05, 0.1) is 12.1 Å². The van der Waals surface area contributed by atoms with E-state index in [0.717, 1.165) is 0 Å². The highest BCUT2D eigenvalue weighted by atomic mass is 19.1. The molecule has 0 radical (unpaired) electrons. The number of amides is 1. The van der Waals surface area contributed by atoms with Crippen LogP contribution in [0, 0.1) is 11.6 Å². The summed E-state index contributed by atoms with van der Waals surface area (Å²) < 4.78 is 31.7. The van der Waals surface area contributed by atoms with Crippen LogP contribution in [0.25, 0.3) is 11.5 Å². The summed E-state index contributed by atoms with van der Waals surface area (Å²) in [5.74, 6) is -1.19.